The third-order valence-corrected chi connectivity index (χ3v) is 2.64. The van der Waals surface area contributed by atoms with Gasteiger partial charge in [0.15, 0.2) is 11.6 Å². The van der Waals surface area contributed by atoms with Crippen molar-refractivity contribution >= 4 is 11.6 Å². The van der Waals surface area contributed by atoms with Crippen molar-refractivity contribution in [1.82, 2.24) is 0 Å². The summed E-state index contributed by atoms with van der Waals surface area (Å²) < 4.78 is 5.00. The molecule has 0 aliphatic heterocycles. The quantitative estimate of drug-likeness (QED) is 0.382. The third-order valence-electron chi connectivity index (χ3n) is 2.64. The number of methoxy groups -OCH3 is 1. The summed E-state index contributed by atoms with van der Waals surface area (Å²) in [5, 5.41) is 9.46. The van der Waals surface area contributed by atoms with Gasteiger partial charge >= 0.3 is 0 Å². The van der Waals surface area contributed by atoms with E-state index < -0.39 is 11.6 Å². The van der Waals surface area contributed by atoms with Gasteiger partial charge in [-0.05, 0) is 38.1 Å². The predicted molar refractivity (Wildman–Crippen MR) is 72.5 cm³/mol. The lowest BCUT2D eigenvalue weighted by molar-refractivity contribution is -0.113. The lowest BCUT2D eigenvalue weighted by Gasteiger charge is -2.08. The van der Waals surface area contributed by atoms with E-state index in [1.54, 1.807) is 24.3 Å². The van der Waals surface area contributed by atoms with Crippen LogP contribution in [0, 0.1) is 0 Å². The largest absolute Gasteiger partial charge is 0.512 e. The van der Waals surface area contributed by atoms with E-state index in [-0.39, 0.29) is 16.9 Å². The third kappa shape index (κ3) is 3.31. The number of ketones is 2. The number of carbonyl (C=O) groups is 2. The number of carbonyl (C=O) groups excluding carboxylic acids is 2. The number of hydrogen-bond acceptors (Lipinski definition) is 4. The molecule has 0 fully saturated rings. The van der Waals surface area contributed by atoms with Crippen molar-refractivity contribution in [3.8, 4) is 5.75 Å². The van der Waals surface area contributed by atoms with Gasteiger partial charge in [0.1, 0.15) is 11.5 Å². The molecule has 19 heavy (non-hydrogen) atoms. The first-order valence-corrected chi connectivity index (χ1v) is 5.67. The summed E-state index contributed by atoms with van der Waals surface area (Å²) in [7, 11) is 1.53. The number of ether oxygens (including phenoxy) is 1. The normalized spacial score (nSPS) is 11.5. The van der Waals surface area contributed by atoms with Gasteiger partial charge in [-0.15, -0.1) is 0 Å². The van der Waals surface area contributed by atoms with E-state index in [2.05, 4.69) is 6.58 Å². The van der Waals surface area contributed by atoms with Crippen molar-refractivity contribution in [3.63, 3.8) is 0 Å². The highest BCUT2D eigenvalue weighted by molar-refractivity contribution is 6.18. The molecule has 0 aromatic heterocycles. The van der Waals surface area contributed by atoms with Crippen LogP contribution in [0.1, 0.15) is 24.2 Å². The van der Waals surface area contributed by atoms with Crippen LogP contribution in [0.2, 0.25) is 0 Å². The molecule has 0 radical (unpaired) electrons. The number of rotatable bonds is 5. The van der Waals surface area contributed by atoms with Crippen molar-refractivity contribution in [3.05, 3.63) is 53.3 Å². The Labute approximate surface area is 112 Å². The van der Waals surface area contributed by atoms with Gasteiger partial charge in [-0.2, -0.15) is 0 Å². The maximum absolute atomic E-state index is 12.2. The Kier molecular flexibility index (Phi) is 4.64. The van der Waals surface area contributed by atoms with Crippen LogP contribution in [-0.2, 0) is 4.79 Å². The van der Waals surface area contributed by atoms with Gasteiger partial charge in [-0.3, -0.25) is 9.59 Å². The van der Waals surface area contributed by atoms with Crippen LogP contribution in [0.3, 0.4) is 0 Å². The molecular weight excluding hydrogens is 244 g/mol. The fourth-order valence-corrected chi connectivity index (χ4v) is 1.72. The van der Waals surface area contributed by atoms with E-state index in [0.717, 1.165) is 0 Å². The highest BCUT2D eigenvalue weighted by atomic mass is 16.5. The molecule has 4 heteroatoms. The Hall–Kier alpha value is -2.36. The van der Waals surface area contributed by atoms with Gasteiger partial charge in [0.2, 0.25) is 0 Å². The van der Waals surface area contributed by atoms with Crippen molar-refractivity contribution in [1.29, 1.82) is 0 Å². The average Bonchev–Trinajstić information content (AvgIpc) is 2.37. The minimum atomic E-state index is -0.402. The molecule has 1 aromatic carbocycles. The lowest BCUT2D eigenvalue weighted by atomic mass is 9.95. The maximum Gasteiger partial charge on any atom is 0.193 e. The van der Waals surface area contributed by atoms with Gasteiger partial charge in [-0.25, -0.2) is 0 Å². The fourth-order valence-electron chi connectivity index (χ4n) is 1.72. The smallest absolute Gasteiger partial charge is 0.193 e. The summed E-state index contributed by atoms with van der Waals surface area (Å²) in [5.74, 6) is -0.379. The van der Waals surface area contributed by atoms with Crippen LogP contribution in [-0.4, -0.2) is 23.8 Å². The molecule has 0 aliphatic rings. The van der Waals surface area contributed by atoms with Crippen LogP contribution >= 0.6 is 0 Å². The van der Waals surface area contributed by atoms with Gasteiger partial charge in [0.05, 0.1) is 12.7 Å². The summed E-state index contributed by atoms with van der Waals surface area (Å²) in [4.78, 5) is 23.6. The zero-order valence-corrected chi connectivity index (χ0v) is 11.2. The molecule has 0 aliphatic carbocycles. The molecular formula is C15H16O4. The summed E-state index contributed by atoms with van der Waals surface area (Å²) in [5.41, 5.74) is 0.323. The summed E-state index contributed by atoms with van der Waals surface area (Å²) in [6, 6.07) is 6.45. The van der Waals surface area contributed by atoms with E-state index >= 15 is 0 Å². The average molecular weight is 260 g/mol. The molecule has 100 valence electrons. The van der Waals surface area contributed by atoms with E-state index in [4.69, 9.17) is 4.74 Å². The molecule has 1 N–H and O–H groups in total. The van der Waals surface area contributed by atoms with Crippen LogP contribution in [0.25, 0.3) is 0 Å². The van der Waals surface area contributed by atoms with Crippen molar-refractivity contribution < 1.29 is 19.4 Å². The Bertz CT molecular complexity index is 546. The van der Waals surface area contributed by atoms with Crippen molar-refractivity contribution in [2.45, 2.75) is 13.8 Å². The van der Waals surface area contributed by atoms with E-state index in [1.165, 1.54) is 21.0 Å². The zero-order chi connectivity index (χ0) is 14.6. The number of aliphatic hydroxyl groups excluding tert-OH is 1. The minimum absolute atomic E-state index is 0.0160. The number of hydrogen-bond donors (Lipinski definition) is 1. The second-order valence-corrected chi connectivity index (χ2v) is 4.05. The van der Waals surface area contributed by atoms with Gasteiger partial charge in [0.25, 0.3) is 0 Å². The van der Waals surface area contributed by atoms with E-state index in [9.17, 15) is 14.7 Å². The standard InChI is InChI=1S/C15H16O4/c1-9(14(10(2)16)11(3)17)15(18)12-5-7-13(19-4)8-6-12/h5-8,16H,1H2,2-4H3/b14-10+. The van der Waals surface area contributed by atoms with Crippen LogP contribution in [0.15, 0.2) is 47.7 Å². The summed E-state index contributed by atoms with van der Waals surface area (Å²) in [6.45, 7) is 6.23. The molecule has 4 nitrogen and oxygen atoms in total. The molecule has 0 bridgehead atoms. The van der Waals surface area contributed by atoms with Gasteiger partial charge < -0.3 is 9.84 Å². The molecule has 0 saturated heterocycles. The second-order valence-electron chi connectivity index (χ2n) is 4.05. The van der Waals surface area contributed by atoms with Crippen LogP contribution in [0.5, 0.6) is 5.75 Å². The van der Waals surface area contributed by atoms with Crippen molar-refractivity contribution in [2.24, 2.45) is 0 Å². The van der Waals surface area contributed by atoms with Gasteiger partial charge in [-0.1, -0.05) is 6.58 Å². The Balaban J connectivity index is 3.09. The highest BCUT2D eigenvalue weighted by Gasteiger charge is 2.20. The predicted octanol–water partition coefficient (Wildman–Crippen LogP) is 2.86. The fraction of sp³-hybridized carbons (Fsp3) is 0.200. The number of allylic oxidation sites excluding steroid dienone is 3. The molecule has 0 unspecified atom stereocenters. The Morgan fingerprint density at radius 3 is 2.05 bits per heavy atom. The zero-order valence-electron chi connectivity index (χ0n) is 11.2. The number of benzene rings is 1. The molecule has 1 aromatic rings. The van der Waals surface area contributed by atoms with E-state index in [0.29, 0.717) is 11.3 Å². The Morgan fingerprint density at radius 2 is 1.68 bits per heavy atom. The van der Waals surface area contributed by atoms with Crippen LogP contribution in [0.4, 0.5) is 0 Å². The van der Waals surface area contributed by atoms with Crippen LogP contribution < -0.4 is 4.74 Å². The summed E-state index contributed by atoms with van der Waals surface area (Å²) >= 11 is 0. The second kappa shape index (κ2) is 6.00. The maximum atomic E-state index is 12.2. The molecule has 0 amide bonds. The number of Topliss-reactive ketones (excluding diaryl/α,β-unsaturated/α-hetero) is 2. The number of aliphatic hydroxyl groups is 1. The molecule has 0 saturated carbocycles. The topological polar surface area (TPSA) is 63.6 Å². The SMILES string of the molecule is C=C(C(=O)c1ccc(OC)cc1)/C(C(C)=O)=C(/C)O. The first-order valence-electron chi connectivity index (χ1n) is 5.67. The molecule has 0 heterocycles. The highest BCUT2D eigenvalue weighted by Crippen LogP contribution is 2.20. The molecule has 0 atom stereocenters. The molecule has 1 rings (SSSR count). The summed E-state index contributed by atoms with van der Waals surface area (Å²) in [6.07, 6.45) is 0. The first kappa shape index (κ1) is 14.7. The van der Waals surface area contributed by atoms with Crippen molar-refractivity contribution in [2.75, 3.05) is 7.11 Å². The minimum Gasteiger partial charge on any atom is -0.512 e. The first-order chi connectivity index (χ1) is 8.88. The molecule has 0 spiro atoms. The lowest BCUT2D eigenvalue weighted by Crippen LogP contribution is -2.11. The van der Waals surface area contributed by atoms with E-state index in [1.807, 2.05) is 0 Å². The van der Waals surface area contributed by atoms with Gasteiger partial charge in [0, 0.05) is 11.1 Å². The Morgan fingerprint density at radius 1 is 1.16 bits per heavy atom. The monoisotopic (exact) mass is 260 g/mol.